The molecule has 1 heterocycles. The highest BCUT2D eigenvalue weighted by Gasteiger charge is 2.43. The number of hydrogen-bond donors (Lipinski definition) is 2. The Kier molecular flexibility index (Phi) is 2.39. The summed E-state index contributed by atoms with van der Waals surface area (Å²) in [4.78, 5) is 0. The molecule has 1 aliphatic rings. The fraction of sp³-hybridized carbons (Fsp3) is 1.00. The van der Waals surface area contributed by atoms with Crippen LogP contribution in [-0.4, -0.2) is 24.8 Å². The number of halogens is 3. The number of nitrogens with one attached hydrogen (secondary N) is 1. The minimum atomic E-state index is -4.11. The Labute approximate surface area is 62.9 Å². The van der Waals surface area contributed by atoms with E-state index < -0.39 is 12.2 Å². The smallest absolute Gasteiger partial charge is 0.329 e. The summed E-state index contributed by atoms with van der Waals surface area (Å²) >= 11 is 0. The Balaban J connectivity index is 2.42. The summed E-state index contributed by atoms with van der Waals surface area (Å²) in [6.07, 6.45) is -3.42. The molecule has 1 fully saturated rings. The molecule has 1 rings (SSSR count). The van der Waals surface area contributed by atoms with Gasteiger partial charge in [-0.25, -0.2) is 0 Å². The number of hydrogen-bond acceptors (Lipinski definition) is 2. The maximum absolute atomic E-state index is 12.0. The Bertz CT molecular complexity index is 134. The molecule has 0 saturated carbocycles. The topological polar surface area (TPSA) is 38.0 Å². The summed E-state index contributed by atoms with van der Waals surface area (Å²) in [5.74, 6) is 0. The summed E-state index contributed by atoms with van der Waals surface area (Å²) in [7, 11) is 0. The van der Waals surface area contributed by atoms with E-state index in [0.717, 1.165) is 0 Å². The zero-order valence-corrected chi connectivity index (χ0v) is 5.99. The van der Waals surface area contributed by atoms with Gasteiger partial charge in [0.05, 0.1) is 0 Å². The second kappa shape index (κ2) is 2.98. The monoisotopic (exact) mass is 168 g/mol. The number of rotatable bonds is 1. The van der Waals surface area contributed by atoms with Crippen molar-refractivity contribution in [2.24, 2.45) is 5.73 Å². The average Bonchev–Trinajstić information content (AvgIpc) is 2.32. The van der Waals surface area contributed by atoms with Crippen molar-refractivity contribution in [3.05, 3.63) is 0 Å². The third kappa shape index (κ3) is 2.07. The fourth-order valence-electron chi connectivity index (χ4n) is 1.26. The summed E-state index contributed by atoms with van der Waals surface area (Å²) < 4.78 is 35.9. The zero-order valence-electron chi connectivity index (χ0n) is 5.99. The molecular formula is C6H11F3N2. The minimum absolute atomic E-state index is 0.151. The normalized spacial score (nSPS) is 32.7. The van der Waals surface area contributed by atoms with E-state index in [1.165, 1.54) is 0 Å². The van der Waals surface area contributed by atoms with Crippen LogP contribution in [0.4, 0.5) is 13.2 Å². The van der Waals surface area contributed by atoms with Crippen LogP contribution in [0.1, 0.15) is 12.8 Å². The minimum Gasteiger partial charge on any atom is -0.329 e. The third-order valence-corrected chi connectivity index (χ3v) is 1.92. The van der Waals surface area contributed by atoms with Crippen molar-refractivity contribution in [1.82, 2.24) is 5.32 Å². The predicted octanol–water partition coefficient (Wildman–Crippen LogP) is 0.628. The van der Waals surface area contributed by atoms with Crippen molar-refractivity contribution in [2.75, 3.05) is 6.54 Å². The highest BCUT2D eigenvalue weighted by molar-refractivity contribution is 4.88. The molecule has 0 amide bonds. The summed E-state index contributed by atoms with van der Waals surface area (Å²) in [5.41, 5.74) is 5.21. The van der Waals surface area contributed by atoms with Gasteiger partial charge >= 0.3 is 6.18 Å². The molecule has 2 atom stereocenters. The predicted molar refractivity (Wildman–Crippen MR) is 35.1 cm³/mol. The van der Waals surface area contributed by atoms with Gasteiger partial charge in [-0.1, -0.05) is 0 Å². The van der Waals surface area contributed by atoms with Gasteiger partial charge in [0, 0.05) is 12.6 Å². The van der Waals surface area contributed by atoms with Gasteiger partial charge in [0.1, 0.15) is 6.04 Å². The Hall–Kier alpha value is -0.290. The molecule has 1 aliphatic heterocycles. The lowest BCUT2D eigenvalue weighted by Crippen LogP contribution is -2.42. The first-order valence-electron chi connectivity index (χ1n) is 3.57. The molecule has 0 aromatic carbocycles. The van der Waals surface area contributed by atoms with Crippen LogP contribution in [0.25, 0.3) is 0 Å². The van der Waals surface area contributed by atoms with E-state index in [1.807, 2.05) is 0 Å². The highest BCUT2D eigenvalue weighted by Crippen LogP contribution is 2.27. The second-order valence-corrected chi connectivity index (χ2v) is 2.77. The molecule has 0 aromatic heterocycles. The van der Waals surface area contributed by atoms with E-state index in [1.54, 1.807) is 0 Å². The largest absolute Gasteiger partial charge is 0.403 e. The molecular weight excluding hydrogens is 157 g/mol. The van der Waals surface area contributed by atoms with Gasteiger partial charge in [-0.3, -0.25) is 0 Å². The molecule has 11 heavy (non-hydrogen) atoms. The van der Waals surface area contributed by atoms with Crippen LogP contribution in [0.3, 0.4) is 0 Å². The lowest BCUT2D eigenvalue weighted by Gasteiger charge is -2.15. The van der Waals surface area contributed by atoms with E-state index in [9.17, 15) is 13.2 Å². The first-order chi connectivity index (χ1) is 5.04. The standard InChI is InChI=1S/C6H11F3N2/c7-6(8,9)5-2-1-4(3-10)11-5/h4-5,11H,1-3,10H2/t4-,5+/m1/s1. The Morgan fingerprint density at radius 2 is 2.00 bits per heavy atom. The molecule has 0 aromatic rings. The summed E-state index contributed by atoms with van der Waals surface area (Å²) in [5, 5.41) is 2.43. The molecule has 0 unspecified atom stereocenters. The summed E-state index contributed by atoms with van der Waals surface area (Å²) in [6.45, 7) is 0.284. The molecule has 66 valence electrons. The van der Waals surface area contributed by atoms with Crippen molar-refractivity contribution in [3.63, 3.8) is 0 Å². The molecule has 3 N–H and O–H groups in total. The summed E-state index contributed by atoms with van der Waals surface area (Å²) in [6, 6.07) is -1.49. The van der Waals surface area contributed by atoms with Gasteiger partial charge in [-0.05, 0) is 12.8 Å². The second-order valence-electron chi connectivity index (χ2n) is 2.77. The average molecular weight is 168 g/mol. The fourth-order valence-corrected chi connectivity index (χ4v) is 1.26. The zero-order chi connectivity index (χ0) is 8.48. The van der Waals surface area contributed by atoms with Gasteiger partial charge < -0.3 is 11.1 Å². The maximum Gasteiger partial charge on any atom is 0.403 e. The van der Waals surface area contributed by atoms with Gasteiger partial charge in [0.2, 0.25) is 0 Å². The first-order valence-corrected chi connectivity index (χ1v) is 3.57. The number of nitrogens with two attached hydrogens (primary N) is 1. The molecule has 0 bridgehead atoms. The number of alkyl halides is 3. The molecule has 0 spiro atoms. The van der Waals surface area contributed by atoms with Gasteiger partial charge in [0.15, 0.2) is 0 Å². The lowest BCUT2D eigenvalue weighted by molar-refractivity contribution is -0.152. The molecule has 2 nitrogen and oxygen atoms in total. The van der Waals surface area contributed by atoms with E-state index in [4.69, 9.17) is 5.73 Å². The van der Waals surface area contributed by atoms with Gasteiger partial charge in [-0.15, -0.1) is 0 Å². The van der Waals surface area contributed by atoms with Crippen molar-refractivity contribution in [1.29, 1.82) is 0 Å². The van der Waals surface area contributed by atoms with E-state index in [0.29, 0.717) is 6.42 Å². The van der Waals surface area contributed by atoms with Crippen molar-refractivity contribution in [3.8, 4) is 0 Å². The van der Waals surface area contributed by atoms with E-state index in [-0.39, 0.29) is 19.0 Å². The first kappa shape index (κ1) is 8.80. The maximum atomic E-state index is 12.0. The Morgan fingerprint density at radius 3 is 2.27 bits per heavy atom. The lowest BCUT2D eigenvalue weighted by atomic mass is 10.2. The van der Waals surface area contributed by atoms with Crippen LogP contribution >= 0.6 is 0 Å². The van der Waals surface area contributed by atoms with Crippen LogP contribution in [0.5, 0.6) is 0 Å². The molecule has 5 heteroatoms. The van der Waals surface area contributed by atoms with Gasteiger partial charge in [0.25, 0.3) is 0 Å². The molecule has 0 aliphatic carbocycles. The van der Waals surface area contributed by atoms with Crippen molar-refractivity contribution in [2.45, 2.75) is 31.1 Å². The third-order valence-electron chi connectivity index (χ3n) is 1.92. The van der Waals surface area contributed by atoms with Crippen molar-refractivity contribution < 1.29 is 13.2 Å². The molecule has 1 saturated heterocycles. The quantitative estimate of drug-likeness (QED) is 0.602. The van der Waals surface area contributed by atoms with E-state index in [2.05, 4.69) is 5.32 Å². The van der Waals surface area contributed by atoms with Crippen LogP contribution < -0.4 is 11.1 Å². The SMILES string of the molecule is NC[C@H]1CC[C@@H](C(F)(F)F)N1. The van der Waals surface area contributed by atoms with Crippen LogP contribution in [0, 0.1) is 0 Å². The van der Waals surface area contributed by atoms with Crippen LogP contribution in [0.2, 0.25) is 0 Å². The van der Waals surface area contributed by atoms with Crippen LogP contribution in [0.15, 0.2) is 0 Å². The molecule has 0 radical (unpaired) electrons. The van der Waals surface area contributed by atoms with E-state index >= 15 is 0 Å². The van der Waals surface area contributed by atoms with Crippen LogP contribution in [-0.2, 0) is 0 Å². The van der Waals surface area contributed by atoms with Gasteiger partial charge in [-0.2, -0.15) is 13.2 Å². The Morgan fingerprint density at radius 1 is 1.36 bits per heavy atom. The van der Waals surface area contributed by atoms with Crippen molar-refractivity contribution >= 4 is 0 Å². The highest BCUT2D eigenvalue weighted by atomic mass is 19.4.